The Bertz CT molecular complexity index is 408. The van der Waals surface area contributed by atoms with E-state index in [4.69, 9.17) is 4.42 Å². The summed E-state index contributed by atoms with van der Waals surface area (Å²) in [6.45, 7) is 2.04. The SMILES string of the molecule is Cc1ccc2oc(CBr)nc2c1. The molecule has 1 aromatic heterocycles. The molecule has 12 heavy (non-hydrogen) atoms. The van der Waals surface area contributed by atoms with E-state index in [1.807, 2.05) is 25.1 Å². The molecule has 0 unspecified atom stereocenters. The van der Waals surface area contributed by atoms with Crippen LogP contribution in [-0.2, 0) is 5.33 Å². The maximum absolute atomic E-state index is 5.41. The van der Waals surface area contributed by atoms with E-state index in [1.165, 1.54) is 5.56 Å². The van der Waals surface area contributed by atoms with Gasteiger partial charge < -0.3 is 4.42 Å². The standard InChI is InChI=1S/C9H8BrNO/c1-6-2-3-8-7(4-6)11-9(5-10)12-8/h2-4H,5H2,1H3. The van der Waals surface area contributed by atoms with Crippen LogP contribution in [0.5, 0.6) is 0 Å². The number of nitrogens with zero attached hydrogens (tertiary/aromatic N) is 1. The molecule has 3 heteroatoms. The minimum absolute atomic E-state index is 0.667. The molecular weight excluding hydrogens is 218 g/mol. The molecule has 1 heterocycles. The zero-order chi connectivity index (χ0) is 8.55. The van der Waals surface area contributed by atoms with Crippen molar-refractivity contribution in [1.82, 2.24) is 4.98 Å². The number of halogens is 1. The summed E-state index contributed by atoms with van der Waals surface area (Å²) >= 11 is 3.30. The van der Waals surface area contributed by atoms with Gasteiger partial charge in [-0.3, -0.25) is 0 Å². The van der Waals surface area contributed by atoms with Crippen molar-refractivity contribution >= 4 is 27.0 Å². The van der Waals surface area contributed by atoms with E-state index >= 15 is 0 Å². The summed E-state index contributed by atoms with van der Waals surface area (Å²) in [6, 6.07) is 5.99. The van der Waals surface area contributed by atoms with Crippen molar-refractivity contribution in [3.8, 4) is 0 Å². The highest BCUT2D eigenvalue weighted by Crippen LogP contribution is 2.17. The Morgan fingerprint density at radius 3 is 3.08 bits per heavy atom. The van der Waals surface area contributed by atoms with Crippen molar-refractivity contribution in [3.63, 3.8) is 0 Å². The number of aromatic nitrogens is 1. The van der Waals surface area contributed by atoms with Crippen molar-refractivity contribution in [1.29, 1.82) is 0 Å². The molecule has 62 valence electrons. The van der Waals surface area contributed by atoms with Crippen LogP contribution in [-0.4, -0.2) is 4.98 Å². The zero-order valence-electron chi connectivity index (χ0n) is 6.67. The molecule has 2 aromatic rings. The first kappa shape index (κ1) is 7.80. The van der Waals surface area contributed by atoms with Crippen molar-refractivity contribution in [2.24, 2.45) is 0 Å². The van der Waals surface area contributed by atoms with Crippen LogP contribution in [0.1, 0.15) is 11.5 Å². The molecule has 1 aromatic carbocycles. The molecule has 0 amide bonds. The average molecular weight is 226 g/mol. The number of aryl methyl sites for hydroxylation is 1. The monoisotopic (exact) mass is 225 g/mol. The van der Waals surface area contributed by atoms with Crippen LogP contribution < -0.4 is 0 Å². The van der Waals surface area contributed by atoms with Crippen LogP contribution in [0.4, 0.5) is 0 Å². The lowest BCUT2D eigenvalue weighted by Crippen LogP contribution is -1.73. The third-order valence-corrected chi connectivity index (χ3v) is 2.18. The largest absolute Gasteiger partial charge is 0.440 e. The quantitative estimate of drug-likeness (QED) is 0.698. The fourth-order valence-corrected chi connectivity index (χ4v) is 1.38. The second-order valence-electron chi connectivity index (χ2n) is 2.71. The van der Waals surface area contributed by atoms with Gasteiger partial charge in [0.2, 0.25) is 5.89 Å². The van der Waals surface area contributed by atoms with Gasteiger partial charge in [-0.1, -0.05) is 22.0 Å². The predicted octanol–water partition coefficient (Wildman–Crippen LogP) is 3.03. The summed E-state index contributed by atoms with van der Waals surface area (Å²) < 4.78 is 5.41. The Hall–Kier alpha value is -0.830. The van der Waals surface area contributed by atoms with Gasteiger partial charge in [-0.15, -0.1) is 0 Å². The second-order valence-corrected chi connectivity index (χ2v) is 3.27. The van der Waals surface area contributed by atoms with Gasteiger partial charge in [0.1, 0.15) is 5.52 Å². The van der Waals surface area contributed by atoms with E-state index in [0.29, 0.717) is 5.33 Å². The predicted molar refractivity (Wildman–Crippen MR) is 51.4 cm³/mol. The van der Waals surface area contributed by atoms with Crippen molar-refractivity contribution in [2.75, 3.05) is 0 Å². The van der Waals surface area contributed by atoms with Crippen LogP contribution in [0.3, 0.4) is 0 Å². The lowest BCUT2D eigenvalue weighted by atomic mass is 10.2. The molecule has 0 aliphatic carbocycles. The first-order chi connectivity index (χ1) is 5.79. The fraction of sp³-hybridized carbons (Fsp3) is 0.222. The molecule has 0 atom stereocenters. The smallest absolute Gasteiger partial charge is 0.206 e. The van der Waals surface area contributed by atoms with E-state index in [2.05, 4.69) is 20.9 Å². The lowest BCUT2D eigenvalue weighted by molar-refractivity contribution is 0.557. The Balaban J connectivity index is 2.67. The molecule has 0 aliphatic heterocycles. The maximum atomic E-state index is 5.41. The molecule has 0 saturated carbocycles. The van der Waals surface area contributed by atoms with Gasteiger partial charge in [0.15, 0.2) is 5.58 Å². The molecular formula is C9H8BrNO. The Morgan fingerprint density at radius 2 is 2.33 bits per heavy atom. The normalized spacial score (nSPS) is 10.8. The first-order valence-corrected chi connectivity index (χ1v) is 4.84. The number of hydrogen-bond donors (Lipinski definition) is 0. The highest BCUT2D eigenvalue weighted by molar-refractivity contribution is 9.08. The third-order valence-electron chi connectivity index (χ3n) is 1.70. The highest BCUT2D eigenvalue weighted by atomic mass is 79.9. The molecule has 0 radical (unpaired) electrons. The van der Waals surface area contributed by atoms with Crippen LogP contribution >= 0.6 is 15.9 Å². The van der Waals surface area contributed by atoms with E-state index in [-0.39, 0.29) is 0 Å². The van der Waals surface area contributed by atoms with E-state index in [1.54, 1.807) is 0 Å². The molecule has 0 bridgehead atoms. The number of hydrogen-bond acceptors (Lipinski definition) is 2. The Morgan fingerprint density at radius 1 is 1.50 bits per heavy atom. The molecule has 0 fully saturated rings. The summed E-state index contributed by atoms with van der Waals surface area (Å²) in [5, 5.41) is 0.667. The van der Waals surface area contributed by atoms with Gasteiger partial charge in [0, 0.05) is 0 Å². The fourth-order valence-electron chi connectivity index (χ4n) is 1.14. The summed E-state index contributed by atoms with van der Waals surface area (Å²) in [7, 11) is 0. The number of oxazole rings is 1. The maximum Gasteiger partial charge on any atom is 0.206 e. The summed E-state index contributed by atoms with van der Waals surface area (Å²) in [5.41, 5.74) is 3.00. The minimum atomic E-state index is 0.667. The van der Waals surface area contributed by atoms with Crippen molar-refractivity contribution < 1.29 is 4.42 Å². The molecule has 0 N–H and O–H groups in total. The van der Waals surface area contributed by atoms with Gasteiger partial charge in [0.25, 0.3) is 0 Å². The highest BCUT2D eigenvalue weighted by Gasteiger charge is 2.02. The van der Waals surface area contributed by atoms with Crippen LogP contribution in [0.15, 0.2) is 22.6 Å². The van der Waals surface area contributed by atoms with Gasteiger partial charge in [-0.25, -0.2) is 4.98 Å². The Labute approximate surface area is 78.7 Å². The molecule has 2 rings (SSSR count). The van der Waals surface area contributed by atoms with E-state index in [9.17, 15) is 0 Å². The summed E-state index contributed by atoms with van der Waals surface area (Å²) in [4.78, 5) is 4.28. The number of benzene rings is 1. The summed E-state index contributed by atoms with van der Waals surface area (Å²) in [6.07, 6.45) is 0. The van der Waals surface area contributed by atoms with Crippen molar-refractivity contribution in [3.05, 3.63) is 29.7 Å². The molecule has 2 nitrogen and oxygen atoms in total. The lowest BCUT2D eigenvalue weighted by Gasteiger charge is -1.87. The van der Waals surface area contributed by atoms with E-state index in [0.717, 1.165) is 17.0 Å². The third kappa shape index (κ3) is 1.25. The van der Waals surface area contributed by atoms with Gasteiger partial charge in [0.05, 0.1) is 5.33 Å². The molecule has 0 spiro atoms. The Kier molecular flexibility index (Phi) is 1.89. The zero-order valence-corrected chi connectivity index (χ0v) is 8.26. The molecule has 0 aliphatic rings. The summed E-state index contributed by atoms with van der Waals surface area (Å²) in [5.74, 6) is 0.732. The van der Waals surface area contributed by atoms with Gasteiger partial charge in [-0.05, 0) is 24.6 Å². The number of fused-ring (bicyclic) bond motifs is 1. The van der Waals surface area contributed by atoms with Crippen LogP contribution in [0, 0.1) is 6.92 Å². The van der Waals surface area contributed by atoms with Crippen LogP contribution in [0.2, 0.25) is 0 Å². The van der Waals surface area contributed by atoms with E-state index < -0.39 is 0 Å². The van der Waals surface area contributed by atoms with Gasteiger partial charge in [-0.2, -0.15) is 0 Å². The van der Waals surface area contributed by atoms with Crippen LogP contribution in [0.25, 0.3) is 11.1 Å². The first-order valence-electron chi connectivity index (χ1n) is 3.71. The minimum Gasteiger partial charge on any atom is -0.440 e. The number of rotatable bonds is 1. The van der Waals surface area contributed by atoms with Crippen molar-refractivity contribution in [2.45, 2.75) is 12.3 Å². The number of alkyl halides is 1. The average Bonchev–Trinajstić information content (AvgIpc) is 2.46. The van der Waals surface area contributed by atoms with Gasteiger partial charge >= 0.3 is 0 Å². The topological polar surface area (TPSA) is 26.0 Å². The molecule has 0 saturated heterocycles. The second kappa shape index (κ2) is 2.90.